The first-order valence-electron chi connectivity index (χ1n) is 9.39. The lowest BCUT2D eigenvalue weighted by Crippen LogP contribution is -2.34. The molecule has 28 heavy (non-hydrogen) atoms. The molecule has 0 fully saturated rings. The molecule has 0 radical (unpaired) electrons. The van der Waals surface area contributed by atoms with E-state index in [1.54, 1.807) is 0 Å². The number of nitrogens with one attached hydrogen (secondary N) is 1. The molecule has 1 aromatic heterocycles. The highest BCUT2D eigenvalue weighted by molar-refractivity contribution is 7.15. The van der Waals surface area contributed by atoms with Crippen LogP contribution in [0.4, 0.5) is 5.13 Å². The van der Waals surface area contributed by atoms with Crippen molar-refractivity contribution in [2.24, 2.45) is 0 Å². The van der Waals surface area contributed by atoms with Gasteiger partial charge in [-0.05, 0) is 18.6 Å². The maximum Gasteiger partial charge on any atom is 0.240 e. The van der Waals surface area contributed by atoms with E-state index in [0.29, 0.717) is 24.8 Å². The Morgan fingerprint density at radius 3 is 3.04 bits per heavy atom. The summed E-state index contributed by atoms with van der Waals surface area (Å²) in [6.45, 7) is 4.43. The van der Waals surface area contributed by atoms with Gasteiger partial charge in [0.2, 0.25) is 5.91 Å². The number of nitrogens with zero attached hydrogens (tertiary/aromatic N) is 2. The average Bonchev–Trinajstić information content (AvgIpc) is 2.98. The van der Waals surface area contributed by atoms with Crippen LogP contribution >= 0.6 is 11.3 Å². The Bertz CT molecular complexity index is 970. The second kappa shape index (κ2) is 8.54. The minimum absolute atomic E-state index is 0.0455. The first-order chi connectivity index (χ1) is 13.7. The van der Waals surface area contributed by atoms with Crippen LogP contribution in [-0.2, 0) is 17.8 Å². The maximum atomic E-state index is 12.5. The second-order valence-corrected chi connectivity index (χ2v) is 8.13. The van der Waals surface area contributed by atoms with Gasteiger partial charge in [-0.25, -0.2) is 4.98 Å². The van der Waals surface area contributed by atoms with Crippen LogP contribution in [-0.4, -0.2) is 35.5 Å². The number of carbonyl (C=O) groups excluding carboxylic acids is 1. The summed E-state index contributed by atoms with van der Waals surface area (Å²) in [4.78, 5) is 20.1. The molecule has 1 amide bonds. The van der Waals surface area contributed by atoms with E-state index < -0.39 is 0 Å². The summed E-state index contributed by atoms with van der Waals surface area (Å²) in [6, 6.07) is 16.4. The minimum Gasteiger partial charge on any atom is -0.492 e. The molecule has 2 aromatic carbocycles. The summed E-state index contributed by atoms with van der Waals surface area (Å²) < 4.78 is 5.76. The lowest BCUT2D eigenvalue weighted by molar-refractivity contribution is -0.117. The van der Waals surface area contributed by atoms with Crippen LogP contribution in [0.1, 0.15) is 21.6 Å². The van der Waals surface area contributed by atoms with E-state index >= 15 is 0 Å². The van der Waals surface area contributed by atoms with Crippen LogP contribution < -0.4 is 10.1 Å². The highest BCUT2D eigenvalue weighted by atomic mass is 32.1. The summed E-state index contributed by atoms with van der Waals surface area (Å²) in [6.07, 6.45) is 2.67. The number of para-hydroxylation sites is 1. The molecule has 6 heteroatoms. The molecule has 4 rings (SSSR count). The molecule has 0 saturated carbocycles. The smallest absolute Gasteiger partial charge is 0.240 e. The number of hydrogen-bond donors (Lipinski definition) is 1. The highest BCUT2D eigenvalue weighted by Crippen LogP contribution is 2.23. The van der Waals surface area contributed by atoms with Gasteiger partial charge in [-0.15, -0.1) is 11.3 Å². The van der Waals surface area contributed by atoms with Gasteiger partial charge in [0, 0.05) is 36.1 Å². The van der Waals surface area contributed by atoms with Gasteiger partial charge in [0.1, 0.15) is 12.4 Å². The minimum atomic E-state index is -0.0455. The van der Waals surface area contributed by atoms with E-state index in [0.717, 1.165) is 29.2 Å². The molecule has 0 atom stereocenters. The summed E-state index contributed by atoms with van der Waals surface area (Å²) in [5.74, 6) is 0.863. The molecule has 0 aliphatic carbocycles. The third-order valence-electron chi connectivity index (χ3n) is 4.66. The van der Waals surface area contributed by atoms with Crippen molar-refractivity contribution in [1.29, 1.82) is 0 Å². The molecule has 3 aromatic rings. The van der Waals surface area contributed by atoms with Crippen LogP contribution in [0.2, 0.25) is 0 Å². The van der Waals surface area contributed by atoms with Crippen molar-refractivity contribution in [2.45, 2.75) is 19.9 Å². The van der Waals surface area contributed by atoms with E-state index in [2.05, 4.69) is 46.4 Å². The SMILES string of the molecule is Cc1cccc(Cc2cnc(NC(=O)CN3CCOc4ccccc4C3)s2)c1. The highest BCUT2D eigenvalue weighted by Gasteiger charge is 2.18. The molecule has 144 valence electrons. The van der Waals surface area contributed by atoms with Gasteiger partial charge < -0.3 is 10.1 Å². The maximum absolute atomic E-state index is 12.5. The Hall–Kier alpha value is -2.70. The average molecular weight is 394 g/mol. The molecule has 1 N–H and O–H groups in total. The van der Waals surface area contributed by atoms with Crippen molar-refractivity contribution in [1.82, 2.24) is 9.88 Å². The summed E-state index contributed by atoms with van der Waals surface area (Å²) >= 11 is 1.53. The van der Waals surface area contributed by atoms with Crippen LogP contribution in [0.3, 0.4) is 0 Å². The largest absolute Gasteiger partial charge is 0.492 e. The van der Waals surface area contributed by atoms with Crippen molar-refractivity contribution < 1.29 is 9.53 Å². The van der Waals surface area contributed by atoms with E-state index in [1.165, 1.54) is 22.5 Å². The molecule has 1 aliphatic heterocycles. The van der Waals surface area contributed by atoms with Gasteiger partial charge in [0.25, 0.3) is 0 Å². The predicted octanol–water partition coefficient (Wildman–Crippen LogP) is 3.88. The summed E-state index contributed by atoms with van der Waals surface area (Å²) in [5, 5.41) is 3.59. The van der Waals surface area contributed by atoms with Crippen LogP contribution in [0, 0.1) is 6.92 Å². The molecule has 0 unspecified atom stereocenters. The fraction of sp³-hybridized carbons (Fsp3) is 0.273. The predicted molar refractivity (Wildman–Crippen MR) is 112 cm³/mol. The summed E-state index contributed by atoms with van der Waals surface area (Å²) in [5.41, 5.74) is 3.62. The molecule has 5 nitrogen and oxygen atoms in total. The summed E-state index contributed by atoms with van der Waals surface area (Å²) in [7, 11) is 0. The number of fused-ring (bicyclic) bond motifs is 1. The lowest BCUT2D eigenvalue weighted by atomic mass is 10.1. The van der Waals surface area contributed by atoms with Gasteiger partial charge in [-0.2, -0.15) is 0 Å². The molecule has 1 aliphatic rings. The third-order valence-corrected chi connectivity index (χ3v) is 5.57. The number of benzene rings is 2. The number of aromatic nitrogens is 1. The molecule has 2 heterocycles. The molecule has 0 spiro atoms. The fourth-order valence-electron chi connectivity index (χ4n) is 3.35. The number of carbonyl (C=O) groups is 1. The van der Waals surface area contributed by atoms with Crippen molar-refractivity contribution in [3.05, 3.63) is 76.3 Å². The Labute approximate surface area is 169 Å². The number of thiazole rings is 1. The number of anilines is 1. The molecule has 0 bridgehead atoms. The first-order valence-corrected chi connectivity index (χ1v) is 10.2. The zero-order valence-corrected chi connectivity index (χ0v) is 16.7. The number of hydrogen-bond acceptors (Lipinski definition) is 5. The zero-order chi connectivity index (χ0) is 19.3. The van der Waals surface area contributed by atoms with E-state index in [9.17, 15) is 4.79 Å². The van der Waals surface area contributed by atoms with Gasteiger partial charge in [-0.1, -0.05) is 48.0 Å². The van der Waals surface area contributed by atoms with Crippen molar-refractivity contribution in [3.63, 3.8) is 0 Å². The molecule has 0 saturated heterocycles. The lowest BCUT2D eigenvalue weighted by Gasteiger charge is -2.18. The number of amides is 1. The Kier molecular flexibility index (Phi) is 5.69. The van der Waals surface area contributed by atoms with Crippen LogP contribution in [0.25, 0.3) is 0 Å². The molecular formula is C22H23N3O2S. The number of ether oxygens (including phenoxy) is 1. The number of rotatable bonds is 5. The standard InChI is InChI=1S/C22H23N3O2S/c1-16-5-4-6-17(11-16)12-19-13-23-22(28-19)24-21(26)15-25-9-10-27-20-8-3-2-7-18(20)14-25/h2-8,11,13H,9-10,12,14-15H2,1H3,(H,23,24,26). The Morgan fingerprint density at radius 1 is 1.25 bits per heavy atom. The van der Waals surface area contributed by atoms with Gasteiger partial charge in [0.05, 0.1) is 6.54 Å². The Morgan fingerprint density at radius 2 is 2.14 bits per heavy atom. The quantitative estimate of drug-likeness (QED) is 0.715. The second-order valence-electron chi connectivity index (χ2n) is 7.01. The Balaban J connectivity index is 1.33. The van der Waals surface area contributed by atoms with E-state index in [1.807, 2.05) is 30.5 Å². The van der Waals surface area contributed by atoms with E-state index in [-0.39, 0.29) is 5.91 Å². The van der Waals surface area contributed by atoms with E-state index in [4.69, 9.17) is 4.74 Å². The normalized spacial score (nSPS) is 14.0. The first kappa shape index (κ1) is 18.7. The number of aryl methyl sites for hydroxylation is 1. The molecular weight excluding hydrogens is 370 g/mol. The fourth-order valence-corrected chi connectivity index (χ4v) is 4.21. The van der Waals surface area contributed by atoms with Crippen LogP contribution in [0.5, 0.6) is 5.75 Å². The van der Waals surface area contributed by atoms with Crippen LogP contribution in [0.15, 0.2) is 54.7 Å². The van der Waals surface area contributed by atoms with Crippen molar-refractivity contribution in [3.8, 4) is 5.75 Å². The van der Waals surface area contributed by atoms with Crippen molar-refractivity contribution >= 4 is 22.4 Å². The van der Waals surface area contributed by atoms with Gasteiger partial charge >= 0.3 is 0 Å². The van der Waals surface area contributed by atoms with Crippen molar-refractivity contribution in [2.75, 3.05) is 25.0 Å². The third kappa shape index (κ3) is 4.77. The van der Waals surface area contributed by atoms with Gasteiger partial charge in [0.15, 0.2) is 5.13 Å². The topological polar surface area (TPSA) is 54.5 Å². The van der Waals surface area contributed by atoms with Gasteiger partial charge in [-0.3, -0.25) is 9.69 Å². The monoisotopic (exact) mass is 393 g/mol. The zero-order valence-electron chi connectivity index (χ0n) is 15.9.